The van der Waals surface area contributed by atoms with Crippen LogP contribution in [0.5, 0.6) is 0 Å². The number of anilines is 1. The van der Waals surface area contributed by atoms with Crippen LogP contribution in [0.2, 0.25) is 0 Å². The Bertz CT molecular complexity index is 624. The minimum atomic E-state index is 0.362. The Morgan fingerprint density at radius 1 is 1.33 bits per heavy atom. The highest BCUT2D eigenvalue weighted by Crippen LogP contribution is 2.30. The van der Waals surface area contributed by atoms with Crippen LogP contribution >= 0.6 is 0 Å². The number of benzene rings is 1. The van der Waals surface area contributed by atoms with E-state index in [1.165, 1.54) is 16.6 Å². The highest BCUT2D eigenvalue weighted by molar-refractivity contribution is 5.93. The van der Waals surface area contributed by atoms with Crippen molar-refractivity contribution in [1.82, 2.24) is 4.98 Å². The highest BCUT2D eigenvalue weighted by atomic mass is 16.5. The summed E-state index contributed by atoms with van der Waals surface area (Å²) in [6.45, 7) is 9.43. The zero-order chi connectivity index (χ0) is 14.8. The fourth-order valence-electron chi connectivity index (χ4n) is 3.00. The molecule has 0 saturated carbocycles. The molecule has 21 heavy (non-hydrogen) atoms. The summed E-state index contributed by atoms with van der Waals surface area (Å²) in [5.41, 5.74) is 3.64. The highest BCUT2D eigenvalue weighted by Gasteiger charge is 2.24. The third-order valence-electron chi connectivity index (χ3n) is 4.10. The van der Waals surface area contributed by atoms with Crippen LogP contribution in [0.4, 0.5) is 5.69 Å². The van der Waals surface area contributed by atoms with Gasteiger partial charge in [-0.1, -0.05) is 32.0 Å². The van der Waals surface area contributed by atoms with E-state index in [-0.39, 0.29) is 0 Å². The largest absolute Gasteiger partial charge is 0.376 e. The molecule has 1 aliphatic rings. The normalized spacial score (nSPS) is 18.9. The Kier molecular flexibility index (Phi) is 4.11. The molecule has 112 valence electrons. The number of pyridine rings is 1. The molecule has 1 unspecified atom stereocenters. The molecule has 1 atom stereocenters. The molecule has 3 nitrogen and oxygen atoms in total. The standard InChI is InChI=1S/C18H24N2O/c1-13(2)12-21-15-8-10-20(11-15)17-7-9-19-18-14(3)5-4-6-16(17)18/h4-7,9,13,15H,8,10-12H2,1-3H3. The Balaban J connectivity index is 1.81. The summed E-state index contributed by atoms with van der Waals surface area (Å²) in [4.78, 5) is 6.97. The van der Waals surface area contributed by atoms with Crippen LogP contribution in [0.3, 0.4) is 0 Å². The van der Waals surface area contributed by atoms with E-state index in [4.69, 9.17) is 4.74 Å². The molecule has 1 saturated heterocycles. The molecule has 3 heteroatoms. The first-order chi connectivity index (χ1) is 10.1. The summed E-state index contributed by atoms with van der Waals surface area (Å²) in [7, 11) is 0. The average molecular weight is 284 g/mol. The van der Waals surface area contributed by atoms with Crippen molar-refractivity contribution in [2.75, 3.05) is 24.6 Å². The van der Waals surface area contributed by atoms with Gasteiger partial charge in [-0.25, -0.2) is 0 Å². The molecular weight excluding hydrogens is 260 g/mol. The van der Waals surface area contributed by atoms with Gasteiger partial charge < -0.3 is 9.64 Å². The lowest BCUT2D eigenvalue weighted by molar-refractivity contribution is 0.0497. The van der Waals surface area contributed by atoms with Gasteiger partial charge in [-0.3, -0.25) is 4.98 Å². The fraction of sp³-hybridized carbons (Fsp3) is 0.500. The van der Waals surface area contributed by atoms with E-state index >= 15 is 0 Å². The van der Waals surface area contributed by atoms with E-state index in [1.807, 2.05) is 6.20 Å². The summed E-state index contributed by atoms with van der Waals surface area (Å²) in [5, 5.41) is 1.25. The SMILES string of the molecule is Cc1cccc2c(N3CCC(OCC(C)C)C3)ccnc12. The molecule has 1 aromatic carbocycles. The van der Waals surface area contributed by atoms with Gasteiger partial charge in [0.2, 0.25) is 0 Å². The van der Waals surface area contributed by atoms with E-state index < -0.39 is 0 Å². The van der Waals surface area contributed by atoms with Crippen molar-refractivity contribution in [3.63, 3.8) is 0 Å². The minimum Gasteiger partial charge on any atom is -0.376 e. The summed E-state index contributed by atoms with van der Waals surface area (Å²) < 4.78 is 5.99. The number of aromatic nitrogens is 1. The van der Waals surface area contributed by atoms with Crippen molar-refractivity contribution in [3.05, 3.63) is 36.0 Å². The van der Waals surface area contributed by atoms with Crippen molar-refractivity contribution < 1.29 is 4.74 Å². The molecule has 1 aromatic heterocycles. The maximum absolute atomic E-state index is 5.99. The predicted molar refractivity (Wildman–Crippen MR) is 87.9 cm³/mol. The number of para-hydroxylation sites is 1. The zero-order valence-electron chi connectivity index (χ0n) is 13.2. The third kappa shape index (κ3) is 3.03. The Morgan fingerprint density at radius 3 is 3.00 bits per heavy atom. The summed E-state index contributed by atoms with van der Waals surface area (Å²) >= 11 is 0. The summed E-state index contributed by atoms with van der Waals surface area (Å²) in [5.74, 6) is 0.600. The smallest absolute Gasteiger partial charge is 0.0766 e. The first-order valence-corrected chi connectivity index (χ1v) is 7.86. The molecule has 0 aliphatic carbocycles. The Morgan fingerprint density at radius 2 is 2.19 bits per heavy atom. The van der Waals surface area contributed by atoms with Gasteiger partial charge in [0.1, 0.15) is 0 Å². The Labute approximate surface area is 126 Å². The first kappa shape index (κ1) is 14.3. The maximum Gasteiger partial charge on any atom is 0.0766 e. The second-order valence-electron chi connectivity index (χ2n) is 6.39. The molecule has 0 spiro atoms. The van der Waals surface area contributed by atoms with Gasteiger partial charge in [0.25, 0.3) is 0 Å². The Hall–Kier alpha value is -1.61. The van der Waals surface area contributed by atoms with Crippen molar-refractivity contribution >= 4 is 16.6 Å². The first-order valence-electron chi connectivity index (χ1n) is 7.86. The number of aryl methyl sites for hydroxylation is 1. The molecular formula is C18H24N2O. The quantitative estimate of drug-likeness (QED) is 0.854. The van der Waals surface area contributed by atoms with E-state index in [9.17, 15) is 0 Å². The maximum atomic E-state index is 5.99. The van der Waals surface area contributed by atoms with Crippen molar-refractivity contribution in [2.24, 2.45) is 5.92 Å². The van der Waals surface area contributed by atoms with E-state index in [2.05, 4.69) is 54.9 Å². The lowest BCUT2D eigenvalue weighted by Crippen LogP contribution is -2.24. The van der Waals surface area contributed by atoms with Crippen LogP contribution in [-0.4, -0.2) is 30.8 Å². The zero-order valence-corrected chi connectivity index (χ0v) is 13.2. The molecule has 2 heterocycles. The lowest BCUT2D eigenvalue weighted by Gasteiger charge is -2.21. The van der Waals surface area contributed by atoms with Crippen LogP contribution in [-0.2, 0) is 4.74 Å². The predicted octanol–water partition coefficient (Wildman–Crippen LogP) is 3.79. The molecule has 0 N–H and O–H groups in total. The summed E-state index contributed by atoms with van der Waals surface area (Å²) in [6.07, 6.45) is 3.40. The third-order valence-corrected chi connectivity index (χ3v) is 4.10. The van der Waals surface area contributed by atoms with Crippen LogP contribution in [0.15, 0.2) is 30.5 Å². The molecule has 1 aliphatic heterocycles. The number of hydrogen-bond donors (Lipinski definition) is 0. The second-order valence-corrected chi connectivity index (χ2v) is 6.39. The van der Waals surface area contributed by atoms with E-state index in [1.54, 1.807) is 0 Å². The molecule has 1 fully saturated rings. The number of hydrogen-bond acceptors (Lipinski definition) is 3. The van der Waals surface area contributed by atoms with Crippen LogP contribution in [0.1, 0.15) is 25.8 Å². The molecule has 0 radical (unpaired) electrons. The second kappa shape index (κ2) is 6.02. The molecule has 2 aromatic rings. The monoisotopic (exact) mass is 284 g/mol. The van der Waals surface area contributed by atoms with E-state index in [0.29, 0.717) is 12.0 Å². The number of fused-ring (bicyclic) bond motifs is 1. The van der Waals surface area contributed by atoms with Gasteiger partial charge in [0.05, 0.1) is 11.6 Å². The average Bonchev–Trinajstić information content (AvgIpc) is 2.94. The van der Waals surface area contributed by atoms with E-state index in [0.717, 1.165) is 31.6 Å². The van der Waals surface area contributed by atoms with Crippen LogP contribution < -0.4 is 4.90 Å². The number of rotatable bonds is 4. The number of ether oxygens (including phenoxy) is 1. The molecule has 0 amide bonds. The molecule has 3 rings (SSSR count). The minimum absolute atomic E-state index is 0.362. The van der Waals surface area contributed by atoms with Gasteiger partial charge in [0, 0.05) is 37.0 Å². The van der Waals surface area contributed by atoms with Crippen molar-refractivity contribution in [1.29, 1.82) is 0 Å². The van der Waals surface area contributed by atoms with Crippen molar-refractivity contribution in [2.45, 2.75) is 33.3 Å². The van der Waals surface area contributed by atoms with Crippen LogP contribution in [0.25, 0.3) is 10.9 Å². The topological polar surface area (TPSA) is 25.4 Å². The van der Waals surface area contributed by atoms with Gasteiger partial charge >= 0.3 is 0 Å². The summed E-state index contributed by atoms with van der Waals surface area (Å²) in [6, 6.07) is 8.54. The lowest BCUT2D eigenvalue weighted by atomic mass is 10.1. The van der Waals surface area contributed by atoms with Gasteiger partial charge in [-0.05, 0) is 30.9 Å². The number of nitrogens with zero attached hydrogens (tertiary/aromatic N) is 2. The van der Waals surface area contributed by atoms with Crippen molar-refractivity contribution in [3.8, 4) is 0 Å². The van der Waals surface area contributed by atoms with Gasteiger partial charge in [0.15, 0.2) is 0 Å². The van der Waals surface area contributed by atoms with Crippen LogP contribution in [0, 0.1) is 12.8 Å². The van der Waals surface area contributed by atoms with Gasteiger partial charge in [-0.2, -0.15) is 0 Å². The fourth-order valence-corrected chi connectivity index (χ4v) is 3.00. The molecule has 0 bridgehead atoms. The van der Waals surface area contributed by atoms with Gasteiger partial charge in [-0.15, -0.1) is 0 Å².